The number of likely N-dealkylation sites (N-methyl/N-ethyl adjacent to an activating group) is 1. The summed E-state index contributed by atoms with van der Waals surface area (Å²) in [4.78, 5) is 2.24. The maximum Gasteiger partial charge on any atom is 0.119 e. The molecule has 1 unspecified atom stereocenters. The van der Waals surface area contributed by atoms with Crippen LogP contribution in [0.5, 0.6) is 5.75 Å². The number of benzene rings is 1. The first-order chi connectivity index (χ1) is 9.28. The smallest absolute Gasteiger partial charge is 0.119 e. The molecular weight excluding hydrogens is 240 g/mol. The summed E-state index contributed by atoms with van der Waals surface area (Å²) in [5.41, 5.74) is 0.655. The van der Waals surface area contributed by atoms with Gasteiger partial charge in [0.2, 0.25) is 0 Å². The first kappa shape index (κ1) is 13.9. The zero-order valence-electron chi connectivity index (χ0n) is 11.3. The molecule has 1 aliphatic heterocycles. The maximum absolute atomic E-state index is 8.70. The average Bonchev–Trinajstić information content (AvgIpc) is 2.92. The zero-order valence-corrected chi connectivity index (χ0v) is 11.3. The van der Waals surface area contributed by atoms with E-state index >= 15 is 0 Å². The molecule has 0 amide bonds. The van der Waals surface area contributed by atoms with Crippen LogP contribution in [0.15, 0.2) is 24.3 Å². The van der Waals surface area contributed by atoms with Crippen LogP contribution in [0.1, 0.15) is 18.4 Å². The lowest BCUT2D eigenvalue weighted by atomic mass is 10.2. The third-order valence-electron chi connectivity index (χ3n) is 3.26. The predicted octanol–water partition coefficient (Wildman–Crippen LogP) is 2.05. The number of ether oxygens (including phenoxy) is 2. The van der Waals surface area contributed by atoms with Gasteiger partial charge >= 0.3 is 0 Å². The fraction of sp³-hybridized carbons (Fsp3) is 0.533. The van der Waals surface area contributed by atoms with Gasteiger partial charge in [0.25, 0.3) is 0 Å². The third kappa shape index (κ3) is 4.55. The third-order valence-corrected chi connectivity index (χ3v) is 3.26. The summed E-state index contributed by atoms with van der Waals surface area (Å²) in [5.74, 6) is 0.810. The van der Waals surface area contributed by atoms with Crippen LogP contribution < -0.4 is 4.74 Å². The van der Waals surface area contributed by atoms with E-state index in [-0.39, 0.29) is 0 Å². The fourth-order valence-electron chi connectivity index (χ4n) is 2.17. The SMILES string of the molecule is CN(CCOc1ccc(C#N)cc1)CC1CCCO1. The van der Waals surface area contributed by atoms with Crippen LogP contribution in [-0.2, 0) is 4.74 Å². The second-order valence-electron chi connectivity index (χ2n) is 4.88. The molecule has 1 heterocycles. The minimum Gasteiger partial charge on any atom is -0.492 e. The van der Waals surface area contributed by atoms with Crippen molar-refractivity contribution in [3.63, 3.8) is 0 Å². The molecule has 1 aromatic carbocycles. The van der Waals surface area contributed by atoms with E-state index in [4.69, 9.17) is 14.7 Å². The lowest BCUT2D eigenvalue weighted by molar-refractivity contribution is 0.0771. The second-order valence-corrected chi connectivity index (χ2v) is 4.88. The van der Waals surface area contributed by atoms with Crippen LogP contribution >= 0.6 is 0 Å². The molecule has 1 aliphatic rings. The molecule has 4 nitrogen and oxygen atoms in total. The minimum atomic E-state index is 0.389. The molecule has 2 rings (SSSR count). The quantitative estimate of drug-likeness (QED) is 0.785. The van der Waals surface area contributed by atoms with Crippen molar-refractivity contribution in [1.82, 2.24) is 4.90 Å². The largest absolute Gasteiger partial charge is 0.492 e. The summed E-state index contributed by atoms with van der Waals surface area (Å²) in [6, 6.07) is 9.29. The Kier molecular flexibility index (Phi) is 5.20. The number of nitriles is 1. The van der Waals surface area contributed by atoms with Gasteiger partial charge < -0.3 is 14.4 Å². The molecule has 1 saturated heterocycles. The molecule has 1 atom stereocenters. The Labute approximate surface area is 114 Å². The van der Waals surface area contributed by atoms with Crippen molar-refractivity contribution < 1.29 is 9.47 Å². The van der Waals surface area contributed by atoms with Crippen LogP contribution in [0.25, 0.3) is 0 Å². The van der Waals surface area contributed by atoms with Gasteiger partial charge in [-0.3, -0.25) is 0 Å². The number of hydrogen-bond acceptors (Lipinski definition) is 4. The lowest BCUT2D eigenvalue weighted by Crippen LogP contribution is -2.32. The van der Waals surface area contributed by atoms with Crippen LogP contribution in [0.4, 0.5) is 0 Å². The average molecular weight is 260 g/mol. The van der Waals surface area contributed by atoms with Gasteiger partial charge in [-0.15, -0.1) is 0 Å². The molecule has 0 N–H and O–H groups in total. The molecule has 0 aliphatic carbocycles. The predicted molar refractivity (Wildman–Crippen MR) is 73.1 cm³/mol. The van der Waals surface area contributed by atoms with E-state index < -0.39 is 0 Å². The Morgan fingerprint density at radius 3 is 2.84 bits per heavy atom. The van der Waals surface area contributed by atoms with Crippen molar-refractivity contribution in [1.29, 1.82) is 5.26 Å². The van der Waals surface area contributed by atoms with Gasteiger partial charge in [0.15, 0.2) is 0 Å². The van der Waals surface area contributed by atoms with Crippen molar-refractivity contribution in [3.05, 3.63) is 29.8 Å². The molecule has 0 bridgehead atoms. The highest BCUT2D eigenvalue weighted by atomic mass is 16.5. The molecular formula is C15H20N2O2. The number of hydrogen-bond donors (Lipinski definition) is 0. The molecule has 19 heavy (non-hydrogen) atoms. The Bertz CT molecular complexity index is 419. The Balaban J connectivity index is 1.66. The van der Waals surface area contributed by atoms with Crippen molar-refractivity contribution in [2.45, 2.75) is 18.9 Å². The lowest BCUT2D eigenvalue weighted by Gasteiger charge is -2.20. The zero-order chi connectivity index (χ0) is 13.5. The molecule has 1 fully saturated rings. The number of nitrogens with zero attached hydrogens (tertiary/aromatic N) is 2. The van der Waals surface area contributed by atoms with Crippen LogP contribution in [0, 0.1) is 11.3 Å². The van der Waals surface area contributed by atoms with E-state index in [0.717, 1.165) is 25.4 Å². The Morgan fingerprint density at radius 2 is 2.21 bits per heavy atom. The molecule has 1 aromatic rings. The van der Waals surface area contributed by atoms with Crippen LogP contribution in [0.3, 0.4) is 0 Å². The topological polar surface area (TPSA) is 45.5 Å². The highest BCUT2D eigenvalue weighted by Crippen LogP contribution is 2.13. The van der Waals surface area contributed by atoms with Crippen molar-refractivity contribution in [2.24, 2.45) is 0 Å². The molecule has 0 spiro atoms. The fourth-order valence-corrected chi connectivity index (χ4v) is 2.17. The van der Waals surface area contributed by atoms with E-state index in [1.54, 1.807) is 12.1 Å². The highest BCUT2D eigenvalue weighted by Gasteiger charge is 2.16. The highest BCUT2D eigenvalue weighted by molar-refractivity contribution is 5.34. The number of rotatable bonds is 6. The second kappa shape index (κ2) is 7.13. The molecule has 102 valence electrons. The van der Waals surface area contributed by atoms with Crippen molar-refractivity contribution in [3.8, 4) is 11.8 Å². The van der Waals surface area contributed by atoms with Gasteiger partial charge in [-0.2, -0.15) is 5.26 Å². The molecule has 4 heteroatoms. The van der Waals surface area contributed by atoms with E-state index in [9.17, 15) is 0 Å². The summed E-state index contributed by atoms with van der Waals surface area (Å²) in [6.45, 7) is 3.39. The summed E-state index contributed by atoms with van der Waals surface area (Å²) < 4.78 is 11.2. The molecule has 0 aromatic heterocycles. The van der Waals surface area contributed by atoms with Gasteiger partial charge in [0.05, 0.1) is 17.7 Å². The van der Waals surface area contributed by atoms with Crippen molar-refractivity contribution >= 4 is 0 Å². The van der Waals surface area contributed by atoms with E-state index in [0.29, 0.717) is 18.3 Å². The molecule has 0 saturated carbocycles. The normalized spacial score (nSPS) is 18.5. The standard InChI is InChI=1S/C15H20N2O2/c1-17(12-15-3-2-9-18-15)8-10-19-14-6-4-13(11-16)5-7-14/h4-7,15H,2-3,8-10,12H2,1H3. The summed E-state index contributed by atoms with van der Waals surface area (Å²) >= 11 is 0. The molecule has 0 radical (unpaired) electrons. The first-order valence-corrected chi connectivity index (χ1v) is 6.71. The Hall–Kier alpha value is -1.57. The monoisotopic (exact) mass is 260 g/mol. The van der Waals surface area contributed by atoms with Gasteiger partial charge in [-0.1, -0.05) is 0 Å². The van der Waals surface area contributed by atoms with E-state index in [1.165, 1.54) is 12.8 Å². The van der Waals surface area contributed by atoms with Gasteiger partial charge in [-0.05, 0) is 44.2 Å². The maximum atomic E-state index is 8.70. The van der Waals surface area contributed by atoms with Gasteiger partial charge in [-0.25, -0.2) is 0 Å². The van der Waals surface area contributed by atoms with Gasteiger partial charge in [0.1, 0.15) is 12.4 Å². The Morgan fingerprint density at radius 1 is 1.42 bits per heavy atom. The van der Waals surface area contributed by atoms with Crippen molar-refractivity contribution in [2.75, 3.05) is 33.4 Å². The minimum absolute atomic E-state index is 0.389. The summed E-state index contributed by atoms with van der Waals surface area (Å²) in [7, 11) is 2.09. The van der Waals surface area contributed by atoms with E-state index in [1.807, 2.05) is 12.1 Å². The van der Waals surface area contributed by atoms with Crippen LogP contribution in [0.2, 0.25) is 0 Å². The van der Waals surface area contributed by atoms with Gasteiger partial charge in [0, 0.05) is 19.7 Å². The summed E-state index contributed by atoms with van der Waals surface area (Å²) in [5, 5.41) is 8.70. The first-order valence-electron chi connectivity index (χ1n) is 6.71. The van der Waals surface area contributed by atoms with Crippen LogP contribution in [-0.4, -0.2) is 44.4 Å². The summed E-state index contributed by atoms with van der Waals surface area (Å²) in [6.07, 6.45) is 2.74. The van der Waals surface area contributed by atoms with E-state index in [2.05, 4.69) is 18.0 Å².